The molecule has 8 aromatic carbocycles. The highest BCUT2D eigenvalue weighted by Gasteiger charge is 2.47. The zero-order valence-corrected chi connectivity index (χ0v) is 44.6. The molecule has 0 unspecified atom stereocenters. The van der Waals surface area contributed by atoms with E-state index in [-0.39, 0.29) is 0 Å². The van der Waals surface area contributed by atoms with Gasteiger partial charge in [0.2, 0.25) is 0 Å². The normalized spacial score (nSPS) is 12.5. The van der Waals surface area contributed by atoms with Gasteiger partial charge in [-0.25, -0.2) is 0 Å². The molecule has 8 nitrogen and oxygen atoms in total. The van der Waals surface area contributed by atoms with E-state index in [1.54, 1.807) is 56.9 Å². The molecule has 0 amide bonds. The lowest BCUT2D eigenvalue weighted by Gasteiger charge is -2.39. The van der Waals surface area contributed by atoms with Crippen LogP contribution in [0.5, 0.6) is 0 Å². The van der Waals surface area contributed by atoms with Gasteiger partial charge in [0.1, 0.15) is 0 Å². The molecule has 0 atom stereocenters. The van der Waals surface area contributed by atoms with Crippen LogP contribution in [0.4, 0.5) is 0 Å². The number of benzene rings is 8. The van der Waals surface area contributed by atoms with Crippen LogP contribution in [0.3, 0.4) is 0 Å². The van der Waals surface area contributed by atoms with E-state index in [0.717, 1.165) is 63.7 Å². The number of hydrogen-bond donors (Lipinski definition) is 0. The summed E-state index contributed by atoms with van der Waals surface area (Å²) >= 11 is 0. The molecule has 0 spiro atoms. The average molecular weight is 985 g/mol. The molecule has 0 heterocycles. The van der Waals surface area contributed by atoms with Crippen LogP contribution >= 0.6 is 0 Å². The molecular formula is C57H60O8Si4. The third-order valence-corrected chi connectivity index (χ3v) is 27.1. The summed E-state index contributed by atoms with van der Waals surface area (Å²) in [6.07, 6.45) is 0. The van der Waals surface area contributed by atoms with E-state index < -0.39 is 39.7 Å². The van der Waals surface area contributed by atoms with E-state index >= 15 is 0 Å². The Morgan fingerprint density at radius 1 is 0.203 bits per heavy atom. The van der Waals surface area contributed by atoms with Crippen molar-refractivity contribution in [2.45, 2.75) is 5.41 Å². The summed E-state index contributed by atoms with van der Waals surface area (Å²) in [6.45, 7) is 0. The van der Waals surface area contributed by atoms with Crippen molar-refractivity contribution in [2.24, 2.45) is 0 Å². The van der Waals surface area contributed by atoms with E-state index in [9.17, 15) is 0 Å². The van der Waals surface area contributed by atoms with Crippen LogP contribution in [0.1, 0.15) is 22.3 Å². The number of hydrogen-bond acceptors (Lipinski definition) is 8. The molecule has 352 valence electrons. The highest BCUT2D eigenvalue weighted by atomic mass is 28.4. The molecule has 0 bridgehead atoms. The minimum atomic E-state index is -3.09. The molecule has 0 saturated heterocycles. The molecule has 0 aliphatic heterocycles. The maximum absolute atomic E-state index is 6.40. The maximum Gasteiger partial charge on any atom is 0.406 e. The molecule has 0 aliphatic rings. The highest BCUT2D eigenvalue weighted by Crippen LogP contribution is 2.45. The van der Waals surface area contributed by atoms with Crippen molar-refractivity contribution in [3.63, 3.8) is 0 Å². The zero-order chi connectivity index (χ0) is 48.5. The van der Waals surface area contributed by atoms with Gasteiger partial charge in [0.05, 0.1) is 5.41 Å². The largest absolute Gasteiger partial charge is 0.406 e. The summed E-state index contributed by atoms with van der Waals surface area (Å²) in [7, 11) is 1.53. The van der Waals surface area contributed by atoms with Crippen molar-refractivity contribution in [1.82, 2.24) is 0 Å². The summed E-state index contributed by atoms with van der Waals surface area (Å²) in [4.78, 5) is 0. The lowest BCUT2D eigenvalue weighted by Crippen LogP contribution is -2.62. The van der Waals surface area contributed by atoms with Crippen molar-refractivity contribution in [3.8, 4) is 0 Å². The van der Waals surface area contributed by atoms with Crippen LogP contribution in [0.2, 0.25) is 0 Å². The van der Waals surface area contributed by atoms with E-state index in [4.69, 9.17) is 35.4 Å². The minimum Gasteiger partial charge on any atom is -0.391 e. The standard InChI is InChI=1S/C57H60O8Si4/c1-58-66(59-2,49-21-13-9-14-22-49)53-37-29-45(30-38-53)57(46-31-39-54(40-32-46)67(60-3,61-4)50-23-15-10-16-24-50,47-33-41-55(42-34-47)68(62-5,63-6)51-25-17-11-18-26-51)48-35-43-56(44-36-48)69(64-7,65-8)52-27-19-12-20-28-52/h9-44H,1-8H3. The van der Waals surface area contributed by atoms with E-state index in [0.29, 0.717) is 0 Å². The molecule has 0 radical (unpaired) electrons. The first-order valence-corrected chi connectivity index (χ1v) is 30.1. The van der Waals surface area contributed by atoms with Crippen molar-refractivity contribution < 1.29 is 35.4 Å². The zero-order valence-electron chi connectivity index (χ0n) is 40.6. The molecule has 0 N–H and O–H groups in total. The van der Waals surface area contributed by atoms with Crippen molar-refractivity contribution in [3.05, 3.63) is 241 Å². The third kappa shape index (κ3) is 8.60. The van der Waals surface area contributed by atoms with Gasteiger partial charge in [-0.2, -0.15) is 0 Å². The topological polar surface area (TPSA) is 73.8 Å². The van der Waals surface area contributed by atoms with Crippen LogP contribution in [0.15, 0.2) is 218 Å². The Kier molecular flexibility index (Phi) is 15.5. The Bertz CT molecular complexity index is 2440. The SMILES string of the molecule is CO[Si](OC)(c1ccccc1)c1ccc(C(c2ccc([Si](OC)(OC)c3ccccc3)cc2)(c2ccc([Si](OC)(OC)c3ccccc3)cc2)c2ccc([Si](OC)(OC)c3ccccc3)cc2)cc1. The Balaban J connectivity index is 1.41. The fraction of sp³-hybridized carbons (Fsp3) is 0.158. The van der Waals surface area contributed by atoms with E-state index in [1.807, 2.05) is 72.8 Å². The van der Waals surface area contributed by atoms with Crippen LogP contribution in [0.25, 0.3) is 0 Å². The Morgan fingerprint density at radius 2 is 0.348 bits per heavy atom. The smallest absolute Gasteiger partial charge is 0.391 e. The first kappa shape index (κ1) is 49.7. The second kappa shape index (κ2) is 21.5. The van der Waals surface area contributed by atoms with E-state index in [1.165, 1.54) is 0 Å². The average Bonchev–Trinajstić information content (AvgIpc) is 3.43. The molecule has 69 heavy (non-hydrogen) atoms. The van der Waals surface area contributed by atoms with Crippen LogP contribution < -0.4 is 41.5 Å². The minimum absolute atomic E-state index is 0.906. The molecule has 8 aromatic rings. The molecule has 0 saturated carbocycles. The molecule has 8 rings (SSSR count). The third-order valence-electron chi connectivity index (χ3n) is 13.7. The summed E-state index contributed by atoms with van der Waals surface area (Å²) in [5.41, 5.74) is 3.22. The van der Waals surface area contributed by atoms with Crippen molar-refractivity contribution in [1.29, 1.82) is 0 Å². The second-order valence-electron chi connectivity index (χ2n) is 16.6. The molecule has 0 aromatic heterocycles. The lowest BCUT2D eigenvalue weighted by atomic mass is 9.65. The quantitative estimate of drug-likeness (QED) is 0.0737. The lowest BCUT2D eigenvalue weighted by molar-refractivity contribution is 0.272. The number of rotatable bonds is 20. The molecule has 0 fully saturated rings. The van der Waals surface area contributed by atoms with Gasteiger partial charge in [-0.3, -0.25) is 0 Å². The Morgan fingerprint density at radius 3 is 0.493 bits per heavy atom. The second-order valence-corrected chi connectivity index (χ2v) is 29.4. The fourth-order valence-corrected chi connectivity index (χ4v) is 21.0. The molecule has 0 aliphatic carbocycles. The van der Waals surface area contributed by atoms with Gasteiger partial charge in [0.15, 0.2) is 0 Å². The fourth-order valence-electron chi connectivity index (χ4n) is 10.3. The summed E-state index contributed by atoms with van der Waals surface area (Å²) in [5.74, 6) is 0. The van der Waals surface area contributed by atoms with Gasteiger partial charge in [-0.1, -0.05) is 218 Å². The van der Waals surface area contributed by atoms with Crippen molar-refractivity contribution in [2.75, 3.05) is 56.9 Å². The van der Waals surface area contributed by atoms with Crippen LogP contribution in [0, 0.1) is 0 Å². The maximum atomic E-state index is 6.40. The highest BCUT2D eigenvalue weighted by molar-refractivity contribution is 6.94. The predicted molar refractivity (Wildman–Crippen MR) is 287 cm³/mol. The molecular weight excluding hydrogens is 925 g/mol. The van der Waals surface area contributed by atoms with Gasteiger partial charge < -0.3 is 35.4 Å². The monoisotopic (exact) mass is 984 g/mol. The molecule has 12 heteroatoms. The predicted octanol–water partition coefficient (Wildman–Crippen LogP) is 5.47. The van der Waals surface area contributed by atoms with Gasteiger partial charge in [-0.05, 0) is 63.7 Å². The first-order valence-electron chi connectivity index (χ1n) is 22.8. The van der Waals surface area contributed by atoms with E-state index in [2.05, 4.69) is 146 Å². The Labute approximate surface area is 412 Å². The first-order chi connectivity index (χ1) is 33.7. The summed E-state index contributed by atoms with van der Waals surface area (Å²) in [6, 6.07) is 76.1. The van der Waals surface area contributed by atoms with Crippen LogP contribution in [-0.2, 0) is 40.8 Å². The van der Waals surface area contributed by atoms with Gasteiger partial charge in [0, 0.05) is 56.9 Å². The van der Waals surface area contributed by atoms with Crippen molar-refractivity contribution >= 4 is 75.7 Å². The summed E-state index contributed by atoms with van der Waals surface area (Å²) in [5, 5.41) is 7.99. The summed E-state index contributed by atoms with van der Waals surface area (Å²) < 4.78 is 51.2. The van der Waals surface area contributed by atoms with Gasteiger partial charge in [0.25, 0.3) is 0 Å². The van der Waals surface area contributed by atoms with Crippen LogP contribution in [-0.4, -0.2) is 91.1 Å². The Hall–Kier alpha value is -5.69. The van der Waals surface area contributed by atoms with Gasteiger partial charge >= 0.3 is 34.2 Å². The van der Waals surface area contributed by atoms with Gasteiger partial charge in [-0.15, -0.1) is 0 Å².